The minimum atomic E-state index is -2.93. The van der Waals surface area contributed by atoms with E-state index in [2.05, 4.69) is 0 Å². The molecule has 0 fully saturated rings. The van der Waals surface area contributed by atoms with Crippen molar-refractivity contribution in [1.29, 1.82) is 0 Å². The van der Waals surface area contributed by atoms with Gasteiger partial charge in [0.25, 0.3) is 0 Å². The van der Waals surface area contributed by atoms with Gasteiger partial charge in [0, 0.05) is 6.42 Å². The van der Waals surface area contributed by atoms with Crippen LogP contribution in [0.3, 0.4) is 0 Å². The van der Waals surface area contributed by atoms with Crippen LogP contribution in [-0.4, -0.2) is 33.1 Å². The van der Waals surface area contributed by atoms with E-state index in [4.69, 9.17) is 10.2 Å². The van der Waals surface area contributed by atoms with Gasteiger partial charge in [-0.2, -0.15) is 0 Å². The van der Waals surface area contributed by atoms with Gasteiger partial charge in [-0.1, -0.05) is 18.2 Å². The molecule has 0 bridgehead atoms. The molecule has 7 nitrogen and oxygen atoms in total. The molecule has 3 N–H and O–H groups in total. The van der Waals surface area contributed by atoms with Gasteiger partial charge in [0.1, 0.15) is 0 Å². The van der Waals surface area contributed by atoms with Crippen LogP contribution in [0.25, 0.3) is 0 Å². The lowest BCUT2D eigenvalue weighted by atomic mass is 10.1. The van der Waals surface area contributed by atoms with Gasteiger partial charge < -0.3 is 10.2 Å². The molecule has 0 aliphatic rings. The molecular weight excluding hydrogens is 273 g/mol. The zero-order valence-electron chi connectivity index (χ0n) is 9.84. The second kappa shape index (κ2) is 6.82. The van der Waals surface area contributed by atoms with E-state index in [1.807, 2.05) is 0 Å². The van der Waals surface area contributed by atoms with E-state index >= 15 is 0 Å². The normalized spacial score (nSPS) is 12.6. The summed E-state index contributed by atoms with van der Waals surface area (Å²) in [7, 11) is -2.93. The number of hydrogen-bond donors (Lipinski definition) is 3. The highest BCUT2D eigenvalue weighted by molar-refractivity contribution is 7.40. The van der Waals surface area contributed by atoms with E-state index in [0.29, 0.717) is 0 Å². The predicted molar refractivity (Wildman–Crippen MR) is 67.0 cm³/mol. The maximum Gasteiger partial charge on any atom is 0.643 e. The molecule has 0 aromatic heterocycles. The number of rotatable bonds is 7. The first-order valence-electron chi connectivity index (χ1n) is 5.38. The molecule has 0 saturated carbocycles. The molecule has 1 aromatic carbocycles. The number of aliphatic carboxylic acids is 2. The first-order chi connectivity index (χ1) is 8.93. The molecule has 0 saturated heterocycles. The Morgan fingerprint density at radius 3 is 2.21 bits per heavy atom. The summed E-state index contributed by atoms with van der Waals surface area (Å²) in [4.78, 5) is 30.9. The molecule has 102 valence electrons. The molecule has 19 heavy (non-hydrogen) atoms. The van der Waals surface area contributed by atoms with Crippen molar-refractivity contribution in [3.8, 4) is 0 Å². The molecule has 0 heterocycles. The average Bonchev–Trinajstić information content (AvgIpc) is 2.34. The van der Waals surface area contributed by atoms with Crippen LogP contribution in [0.5, 0.6) is 0 Å². The zero-order valence-corrected chi connectivity index (χ0v) is 10.7. The largest absolute Gasteiger partial charge is 0.643 e. The molecule has 1 unspecified atom stereocenters. The van der Waals surface area contributed by atoms with Gasteiger partial charge >= 0.3 is 20.1 Å². The van der Waals surface area contributed by atoms with Crippen molar-refractivity contribution in [3.63, 3.8) is 0 Å². The van der Waals surface area contributed by atoms with Gasteiger partial charge in [0.2, 0.25) is 0 Å². The fourth-order valence-electron chi connectivity index (χ4n) is 1.59. The highest BCUT2D eigenvalue weighted by Crippen LogP contribution is 2.33. The Kier molecular flexibility index (Phi) is 5.41. The van der Waals surface area contributed by atoms with Crippen molar-refractivity contribution < 1.29 is 29.3 Å². The van der Waals surface area contributed by atoms with Crippen molar-refractivity contribution in [2.45, 2.75) is 18.9 Å². The third kappa shape index (κ3) is 4.31. The van der Waals surface area contributed by atoms with Gasteiger partial charge in [0.15, 0.2) is 6.04 Å². The van der Waals surface area contributed by atoms with Crippen LogP contribution < -0.4 is 4.67 Å². The maximum atomic E-state index is 11.4. The van der Waals surface area contributed by atoms with E-state index in [1.165, 1.54) is 12.1 Å². The van der Waals surface area contributed by atoms with Gasteiger partial charge in [-0.15, -0.1) is 9.56 Å². The highest BCUT2D eigenvalue weighted by atomic mass is 31.1. The van der Waals surface area contributed by atoms with Gasteiger partial charge in [-0.3, -0.25) is 4.79 Å². The van der Waals surface area contributed by atoms with Crippen molar-refractivity contribution in [3.05, 3.63) is 30.3 Å². The van der Waals surface area contributed by atoms with E-state index < -0.39 is 32.6 Å². The number of benzene rings is 1. The number of carbonyl (C=O) groups is 2. The molecule has 0 spiro atoms. The fraction of sp³-hybridized carbons (Fsp3) is 0.273. The number of carboxylic acid groups (broad SMARTS) is 2. The fourth-order valence-corrected chi connectivity index (χ4v) is 2.37. The van der Waals surface area contributed by atoms with E-state index in [-0.39, 0.29) is 12.1 Å². The lowest BCUT2D eigenvalue weighted by molar-refractivity contribution is -0.139. The standard InChI is InChI=1S/C11H12NO6P/c13-10(14)7-6-9(11(15)16)12(19(17)18)8-4-2-1-3-5-8/h1-5,9H,6-7H2,(H2-,13,14,15,16,17,18)/p+1/t9-/m0/s1. The lowest BCUT2D eigenvalue weighted by Gasteiger charge is -2.18. The maximum absolute atomic E-state index is 11.4. The Labute approximate surface area is 110 Å². The third-order valence-electron chi connectivity index (χ3n) is 2.42. The minimum absolute atomic E-state index is 0.254. The summed E-state index contributed by atoms with van der Waals surface area (Å²) >= 11 is 0. The molecule has 0 radical (unpaired) electrons. The first-order valence-corrected chi connectivity index (χ1v) is 6.55. The summed E-state index contributed by atoms with van der Waals surface area (Å²) in [5.74, 6) is -2.50. The monoisotopic (exact) mass is 286 g/mol. The highest BCUT2D eigenvalue weighted by Gasteiger charge is 2.39. The molecule has 1 aromatic rings. The van der Waals surface area contributed by atoms with Crippen molar-refractivity contribution in [1.82, 2.24) is 0 Å². The summed E-state index contributed by atoms with van der Waals surface area (Å²) in [6, 6.07) is 6.47. The van der Waals surface area contributed by atoms with Crippen LogP contribution in [0.2, 0.25) is 0 Å². The third-order valence-corrected chi connectivity index (χ3v) is 3.30. The Bertz CT molecular complexity index is 477. The van der Waals surface area contributed by atoms with Gasteiger partial charge in [-0.25, -0.2) is 4.79 Å². The van der Waals surface area contributed by atoms with Crippen molar-refractivity contribution in [2.24, 2.45) is 0 Å². The molecule has 2 atom stereocenters. The van der Waals surface area contributed by atoms with E-state index in [1.54, 1.807) is 18.2 Å². The second-order valence-electron chi connectivity index (χ2n) is 3.72. The Morgan fingerprint density at radius 2 is 1.79 bits per heavy atom. The number of nitrogens with zero attached hydrogens (tertiary/aromatic N) is 1. The summed E-state index contributed by atoms with van der Waals surface area (Å²) in [5, 5.41) is 17.7. The first kappa shape index (κ1) is 15.1. The topological polar surface area (TPSA) is 115 Å². The molecule has 0 aliphatic heterocycles. The summed E-state index contributed by atoms with van der Waals surface area (Å²) in [6.45, 7) is 0. The van der Waals surface area contributed by atoms with E-state index in [9.17, 15) is 19.0 Å². The summed E-state index contributed by atoms with van der Waals surface area (Å²) in [6.07, 6.45) is -0.662. The molecular formula is C11H13NO6P+. The van der Waals surface area contributed by atoms with Crippen LogP contribution in [0.1, 0.15) is 12.8 Å². The molecule has 0 amide bonds. The number of anilines is 1. The number of para-hydroxylation sites is 1. The van der Waals surface area contributed by atoms with Crippen LogP contribution in [-0.2, 0) is 14.2 Å². The van der Waals surface area contributed by atoms with Crippen LogP contribution in [0, 0.1) is 0 Å². The van der Waals surface area contributed by atoms with Crippen LogP contribution in [0.15, 0.2) is 30.3 Å². The lowest BCUT2D eigenvalue weighted by Crippen LogP contribution is -2.37. The number of carboxylic acids is 2. The van der Waals surface area contributed by atoms with Crippen LogP contribution in [0.4, 0.5) is 5.69 Å². The summed E-state index contributed by atoms with van der Waals surface area (Å²) < 4.78 is 12.2. The quantitative estimate of drug-likeness (QED) is 0.650. The Balaban J connectivity index is 3.03. The van der Waals surface area contributed by atoms with Crippen molar-refractivity contribution >= 4 is 25.8 Å². The zero-order chi connectivity index (χ0) is 14.4. The molecule has 8 heteroatoms. The second-order valence-corrected chi connectivity index (χ2v) is 4.66. The Hall–Kier alpha value is -1.98. The van der Waals surface area contributed by atoms with Gasteiger partial charge in [-0.05, 0) is 23.1 Å². The van der Waals surface area contributed by atoms with E-state index in [0.717, 1.165) is 4.67 Å². The molecule has 0 aliphatic carbocycles. The van der Waals surface area contributed by atoms with Crippen LogP contribution >= 0.6 is 8.18 Å². The smallest absolute Gasteiger partial charge is 0.481 e. The SMILES string of the molecule is O=C(O)CC[C@@H](C(=O)O)N(c1ccccc1)[P+](=O)O. The predicted octanol–water partition coefficient (Wildman–Crippen LogP) is 1.46. The minimum Gasteiger partial charge on any atom is -0.481 e. The Morgan fingerprint density at radius 1 is 1.21 bits per heavy atom. The molecule has 1 rings (SSSR count). The average molecular weight is 286 g/mol. The van der Waals surface area contributed by atoms with Gasteiger partial charge in [0.05, 0.1) is 5.69 Å². The summed E-state index contributed by atoms with van der Waals surface area (Å²) in [5.41, 5.74) is 0.254. The number of hydrogen-bond acceptors (Lipinski definition) is 3. The van der Waals surface area contributed by atoms with Crippen molar-refractivity contribution in [2.75, 3.05) is 4.67 Å².